The summed E-state index contributed by atoms with van der Waals surface area (Å²) in [7, 11) is 1.94. The normalized spacial score (nSPS) is 16.1. The second-order valence-corrected chi connectivity index (χ2v) is 5.80. The maximum atomic E-state index is 12.2. The molecule has 0 saturated carbocycles. The molecule has 0 unspecified atom stereocenters. The lowest BCUT2D eigenvalue weighted by Gasteiger charge is -2.25. The van der Waals surface area contributed by atoms with Crippen LogP contribution in [0.3, 0.4) is 0 Å². The minimum atomic E-state index is 0.310. The van der Waals surface area contributed by atoms with E-state index in [4.69, 9.17) is 0 Å². The molecule has 0 bridgehead atoms. The standard InChI is InChI=1S/C17H26N2O/c1-19(13-5-8-15-6-3-2-4-7-15)17(20)14-16-9-11-18-12-10-16/h2-4,6-7,16,18H,5,8-14H2,1H3. The summed E-state index contributed by atoms with van der Waals surface area (Å²) in [4.78, 5) is 14.1. The van der Waals surface area contributed by atoms with Crippen LogP contribution < -0.4 is 5.32 Å². The lowest BCUT2D eigenvalue weighted by Crippen LogP contribution is -2.33. The van der Waals surface area contributed by atoms with Crippen LogP contribution in [0.4, 0.5) is 0 Å². The predicted octanol–water partition coefficient (Wildman–Crippen LogP) is 2.47. The van der Waals surface area contributed by atoms with Crippen molar-refractivity contribution in [2.45, 2.75) is 32.1 Å². The molecule has 0 radical (unpaired) electrons. The highest BCUT2D eigenvalue weighted by atomic mass is 16.2. The van der Waals surface area contributed by atoms with Gasteiger partial charge < -0.3 is 10.2 Å². The Bertz CT molecular complexity index is 399. The molecule has 1 aromatic carbocycles. The van der Waals surface area contributed by atoms with Gasteiger partial charge in [-0.2, -0.15) is 0 Å². The topological polar surface area (TPSA) is 32.3 Å². The van der Waals surface area contributed by atoms with Gasteiger partial charge >= 0.3 is 0 Å². The molecule has 1 aromatic rings. The largest absolute Gasteiger partial charge is 0.346 e. The van der Waals surface area contributed by atoms with E-state index in [0.29, 0.717) is 11.8 Å². The van der Waals surface area contributed by atoms with Gasteiger partial charge in [-0.05, 0) is 50.3 Å². The highest BCUT2D eigenvalue weighted by Crippen LogP contribution is 2.17. The number of piperidine rings is 1. The van der Waals surface area contributed by atoms with Crippen LogP contribution in [-0.2, 0) is 11.2 Å². The maximum Gasteiger partial charge on any atom is 0.222 e. The minimum absolute atomic E-state index is 0.310. The lowest BCUT2D eigenvalue weighted by atomic mass is 9.94. The molecule has 1 fully saturated rings. The van der Waals surface area contributed by atoms with Crippen LogP contribution in [0.2, 0.25) is 0 Å². The number of carbonyl (C=O) groups excluding carboxylic acids is 1. The maximum absolute atomic E-state index is 12.2. The summed E-state index contributed by atoms with van der Waals surface area (Å²) in [6, 6.07) is 10.5. The molecule has 3 nitrogen and oxygen atoms in total. The van der Waals surface area contributed by atoms with Gasteiger partial charge in [-0.15, -0.1) is 0 Å². The van der Waals surface area contributed by atoms with Gasteiger partial charge in [-0.3, -0.25) is 4.79 Å². The molecule has 20 heavy (non-hydrogen) atoms. The summed E-state index contributed by atoms with van der Waals surface area (Å²) in [5.41, 5.74) is 1.35. The van der Waals surface area contributed by atoms with Crippen molar-refractivity contribution in [1.29, 1.82) is 0 Å². The smallest absolute Gasteiger partial charge is 0.222 e. The second kappa shape index (κ2) is 8.05. The van der Waals surface area contributed by atoms with E-state index in [0.717, 1.165) is 51.7 Å². The Morgan fingerprint density at radius 2 is 1.95 bits per heavy atom. The molecule has 1 aliphatic heterocycles. The van der Waals surface area contributed by atoms with E-state index in [9.17, 15) is 4.79 Å². The van der Waals surface area contributed by atoms with Gasteiger partial charge in [0.25, 0.3) is 0 Å². The van der Waals surface area contributed by atoms with Gasteiger partial charge in [-0.25, -0.2) is 0 Å². The average Bonchev–Trinajstić information content (AvgIpc) is 2.49. The molecule has 1 amide bonds. The predicted molar refractivity (Wildman–Crippen MR) is 82.6 cm³/mol. The van der Waals surface area contributed by atoms with Gasteiger partial charge in [0, 0.05) is 20.0 Å². The number of rotatable bonds is 6. The van der Waals surface area contributed by atoms with Crippen molar-refractivity contribution < 1.29 is 4.79 Å². The molecular weight excluding hydrogens is 248 g/mol. The third-order valence-electron chi connectivity index (χ3n) is 4.15. The molecule has 1 aliphatic rings. The molecular formula is C17H26N2O. The van der Waals surface area contributed by atoms with Gasteiger partial charge in [0.05, 0.1) is 0 Å². The highest BCUT2D eigenvalue weighted by Gasteiger charge is 2.18. The molecule has 1 saturated heterocycles. The van der Waals surface area contributed by atoms with Crippen molar-refractivity contribution in [3.63, 3.8) is 0 Å². The average molecular weight is 274 g/mol. The summed E-state index contributed by atoms with van der Waals surface area (Å²) in [6.07, 6.45) is 5.10. The number of amides is 1. The Morgan fingerprint density at radius 3 is 2.65 bits per heavy atom. The van der Waals surface area contributed by atoms with Crippen LogP contribution in [0.25, 0.3) is 0 Å². The molecule has 110 valence electrons. The quantitative estimate of drug-likeness (QED) is 0.864. The number of benzene rings is 1. The van der Waals surface area contributed by atoms with Crippen molar-refractivity contribution in [2.75, 3.05) is 26.7 Å². The summed E-state index contributed by atoms with van der Waals surface area (Å²) in [6.45, 7) is 2.99. The number of nitrogens with one attached hydrogen (secondary N) is 1. The Labute approximate surface area is 122 Å². The molecule has 1 N–H and O–H groups in total. The van der Waals surface area contributed by atoms with Crippen molar-refractivity contribution in [1.82, 2.24) is 10.2 Å². The van der Waals surface area contributed by atoms with Crippen LogP contribution >= 0.6 is 0 Å². The fraction of sp³-hybridized carbons (Fsp3) is 0.588. The van der Waals surface area contributed by atoms with E-state index >= 15 is 0 Å². The van der Waals surface area contributed by atoms with E-state index < -0.39 is 0 Å². The van der Waals surface area contributed by atoms with Gasteiger partial charge in [0.2, 0.25) is 5.91 Å². The van der Waals surface area contributed by atoms with E-state index in [2.05, 4.69) is 29.6 Å². The van der Waals surface area contributed by atoms with E-state index in [1.54, 1.807) is 0 Å². The number of aryl methyl sites for hydroxylation is 1. The van der Waals surface area contributed by atoms with Crippen LogP contribution in [0.15, 0.2) is 30.3 Å². The van der Waals surface area contributed by atoms with Gasteiger partial charge in [0.1, 0.15) is 0 Å². The third-order valence-corrected chi connectivity index (χ3v) is 4.15. The molecule has 0 aliphatic carbocycles. The zero-order valence-corrected chi connectivity index (χ0v) is 12.5. The molecule has 1 heterocycles. The number of hydrogen-bond acceptors (Lipinski definition) is 2. The zero-order valence-electron chi connectivity index (χ0n) is 12.5. The van der Waals surface area contributed by atoms with Crippen molar-refractivity contribution in [3.05, 3.63) is 35.9 Å². The van der Waals surface area contributed by atoms with E-state index in [-0.39, 0.29) is 0 Å². The number of nitrogens with zero attached hydrogens (tertiary/aromatic N) is 1. The van der Waals surface area contributed by atoms with Gasteiger partial charge in [-0.1, -0.05) is 30.3 Å². The number of hydrogen-bond donors (Lipinski definition) is 1. The summed E-state index contributed by atoms with van der Waals surface area (Å²) >= 11 is 0. The Kier molecular flexibility index (Phi) is 6.06. The summed E-state index contributed by atoms with van der Waals surface area (Å²) in [5.74, 6) is 0.894. The zero-order chi connectivity index (χ0) is 14.2. The monoisotopic (exact) mass is 274 g/mol. The van der Waals surface area contributed by atoms with Crippen molar-refractivity contribution in [3.8, 4) is 0 Å². The van der Waals surface area contributed by atoms with Crippen LogP contribution in [0.5, 0.6) is 0 Å². The number of carbonyl (C=O) groups is 1. The van der Waals surface area contributed by atoms with Crippen LogP contribution in [-0.4, -0.2) is 37.5 Å². The summed E-state index contributed by atoms with van der Waals surface area (Å²) < 4.78 is 0. The Morgan fingerprint density at radius 1 is 1.25 bits per heavy atom. The summed E-state index contributed by atoms with van der Waals surface area (Å²) in [5, 5.41) is 3.34. The first-order chi connectivity index (χ1) is 9.75. The van der Waals surface area contributed by atoms with E-state index in [1.807, 2.05) is 18.0 Å². The molecule has 0 spiro atoms. The molecule has 2 rings (SSSR count). The van der Waals surface area contributed by atoms with Gasteiger partial charge in [0.15, 0.2) is 0 Å². The first-order valence-electron chi connectivity index (χ1n) is 7.74. The Hall–Kier alpha value is -1.35. The molecule has 0 aromatic heterocycles. The highest BCUT2D eigenvalue weighted by molar-refractivity contribution is 5.76. The lowest BCUT2D eigenvalue weighted by molar-refractivity contribution is -0.131. The van der Waals surface area contributed by atoms with Crippen molar-refractivity contribution >= 4 is 5.91 Å². The first kappa shape index (κ1) is 15.0. The van der Waals surface area contributed by atoms with Crippen molar-refractivity contribution in [2.24, 2.45) is 5.92 Å². The van der Waals surface area contributed by atoms with E-state index in [1.165, 1.54) is 5.56 Å². The molecule has 3 heteroatoms. The third kappa shape index (κ3) is 4.97. The molecule has 0 atom stereocenters. The fourth-order valence-corrected chi connectivity index (χ4v) is 2.78. The van der Waals surface area contributed by atoms with Crippen LogP contribution in [0.1, 0.15) is 31.2 Å². The SMILES string of the molecule is CN(CCCc1ccccc1)C(=O)CC1CCNCC1. The Balaban J connectivity index is 1.65. The first-order valence-corrected chi connectivity index (χ1v) is 7.74. The second-order valence-electron chi connectivity index (χ2n) is 5.80. The fourth-order valence-electron chi connectivity index (χ4n) is 2.78. The van der Waals surface area contributed by atoms with Crippen LogP contribution in [0, 0.1) is 5.92 Å². The minimum Gasteiger partial charge on any atom is -0.346 e.